The van der Waals surface area contributed by atoms with E-state index in [2.05, 4.69) is 20.1 Å². The van der Waals surface area contributed by atoms with Crippen molar-refractivity contribution in [1.29, 1.82) is 0 Å². The molecule has 1 aliphatic heterocycles. The lowest BCUT2D eigenvalue weighted by Gasteiger charge is -2.10. The molecule has 2 amide bonds. The first-order valence-corrected chi connectivity index (χ1v) is 8.01. The fourth-order valence-electron chi connectivity index (χ4n) is 2.47. The number of hydrogen-bond donors (Lipinski definition) is 2. The van der Waals surface area contributed by atoms with Gasteiger partial charge in [0, 0.05) is 17.3 Å². The van der Waals surface area contributed by atoms with Crippen LogP contribution in [0.5, 0.6) is 23.0 Å². The van der Waals surface area contributed by atoms with Crippen LogP contribution in [0.3, 0.4) is 0 Å². The lowest BCUT2D eigenvalue weighted by atomic mass is 10.2. The summed E-state index contributed by atoms with van der Waals surface area (Å²) in [5.41, 5.74) is 0.487. The summed E-state index contributed by atoms with van der Waals surface area (Å²) in [5.74, 6) is -0.551. The lowest BCUT2D eigenvalue weighted by molar-refractivity contribution is -0.286. The maximum absolute atomic E-state index is 13.0. The average molecular weight is 394 g/mol. The SMILES string of the molecule is COc1ccc(C(=O)NCC(=O)Nc2ccc3c(c2)OC(F)(F)O3)cc1OC. The van der Waals surface area contributed by atoms with Crippen molar-refractivity contribution in [3.05, 3.63) is 42.0 Å². The van der Waals surface area contributed by atoms with Crippen LogP contribution in [-0.2, 0) is 4.79 Å². The van der Waals surface area contributed by atoms with Crippen LogP contribution in [0.25, 0.3) is 0 Å². The van der Waals surface area contributed by atoms with Crippen LogP contribution < -0.4 is 29.6 Å². The van der Waals surface area contributed by atoms with Crippen LogP contribution in [0.2, 0.25) is 0 Å². The molecule has 0 radical (unpaired) electrons. The smallest absolute Gasteiger partial charge is 0.493 e. The van der Waals surface area contributed by atoms with Crippen LogP contribution in [0.15, 0.2) is 36.4 Å². The first-order chi connectivity index (χ1) is 13.3. The van der Waals surface area contributed by atoms with E-state index in [0.29, 0.717) is 11.5 Å². The standard InChI is InChI=1S/C18H16F2N2O6/c1-25-12-5-3-10(7-14(12)26-2)17(24)21-9-16(23)22-11-4-6-13-15(8-11)28-18(19,20)27-13/h3-8H,9H2,1-2H3,(H,21,24)(H,22,23). The number of carbonyl (C=O) groups is 2. The molecule has 1 heterocycles. The summed E-state index contributed by atoms with van der Waals surface area (Å²) >= 11 is 0. The minimum absolute atomic E-state index is 0.134. The predicted octanol–water partition coefficient (Wildman–Crippen LogP) is 2.39. The fraction of sp³-hybridized carbons (Fsp3) is 0.222. The molecular weight excluding hydrogens is 378 g/mol. The molecule has 2 aromatic carbocycles. The summed E-state index contributed by atoms with van der Waals surface area (Å²) in [5, 5.41) is 4.92. The van der Waals surface area contributed by atoms with Crippen molar-refractivity contribution in [2.75, 3.05) is 26.1 Å². The van der Waals surface area contributed by atoms with Crippen molar-refractivity contribution in [2.45, 2.75) is 6.29 Å². The molecule has 0 atom stereocenters. The van der Waals surface area contributed by atoms with E-state index < -0.39 is 18.1 Å². The Bertz CT molecular complexity index is 919. The molecule has 3 rings (SSSR count). The quantitative estimate of drug-likeness (QED) is 0.781. The number of halogens is 2. The summed E-state index contributed by atoms with van der Waals surface area (Å²) in [6.45, 7) is -0.336. The number of nitrogens with one attached hydrogen (secondary N) is 2. The maximum Gasteiger partial charge on any atom is 0.586 e. The van der Waals surface area contributed by atoms with Gasteiger partial charge in [-0.15, -0.1) is 8.78 Å². The van der Waals surface area contributed by atoms with Gasteiger partial charge in [-0.25, -0.2) is 0 Å². The molecule has 28 heavy (non-hydrogen) atoms. The maximum atomic E-state index is 13.0. The first kappa shape index (κ1) is 19.2. The second kappa shape index (κ2) is 7.59. The summed E-state index contributed by atoms with van der Waals surface area (Å²) in [4.78, 5) is 24.2. The van der Waals surface area contributed by atoms with Gasteiger partial charge in [-0.05, 0) is 30.3 Å². The van der Waals surface area contributed by atoms with Crippen LogP contribution >= 0.6 is 0 Å². The molecule has 2 N–H and O–H groups in total. The van der Waals surface area contributed by atoms with Gasteiger partial charge in [-0.1, -0.05) is 0 Å². The van der Waals surface area contributed by atoms with E-state index in [0.717, 1.165) is 0 Å². The third kappa shape index (κ3) is 4.22. The van der Waals surface area contributed by atoms with Crippen molar-refractivity contribution < 1.29 is 37.3 Å². The second-order valence-electron chi connectivity index (χ2n) is 5.63. The number of ether oxygens (including phenoxy) is 4. The van der Waals surface area contributed by atoms with Gasteiger partial charge in [-0.2, -0.15) is 0 Å². The molecule has 0 aromatic heterocycles. The molecule has 0 fully saturated rings. The van der Waals surface area contributed by atoms with Crippen molar-refractivity contribution >= 4 is 17.5 Å². The van der Waals surface area contributed by atoms with Crippen LogP contribution in [0.4, 0.5) is 14.5 Å². The van der Waals surface area contributed by atoms with E-state index in [1.807, 2.05) is 0 Å². The molecule has 2 aromatic rings. The Kier molecular flexibility index (Phi) is 5.21. The molecule has 8 nitrogen and oxygen atoms in total. The van der Waals surface area contributed by atoms with E-state index in [9.17, 15) is 18.4 Å². The Morgan fingerprint density at radius 2 is 1.71 bits per heavy atom. The Labute approximate surface area is 158 Å². The van der Waals surface area contributed by atoms with Crippen molar-refractivity contribution in [3.8, 4) is 23.0 Å². The van der Waals surface area contributed by atoms with Crippen molar-refractivity contribution in [3.63, 3.8) is 0 Å². The van der Waals surface area contributed by atoms with E-state index in [1.54, 1.807) is 6.07 Å². The fourth-order valence-corrected chi connectivity index (χ4v) is 2.47. The number of carbonyl (C=O) groups excluding carboxylic acids is 2. The molecular formula is C18H16F2N2O6. The van der Waals surface area contributed by atoms with Crippen LogP contribution in [0, 0.1) is 0 Å². The largest absolute Gasteiger partial charge is 0.586 e. The highest BCUT2D eigenvalue weighted by atomic mass is 19.3. The van der Waals surface area contributed by atoms with Crippen LogP contribution in [-0.4, -0.2) is 38.9 Å². The van der Waals surface area contributed by atoms with E-state index in [4.69, 9.17) is 9.47 Å². The van der Waals surface area contributed by atoms with Gasteiger partial charge >= 0.3 is 6.29 Å². The molecule has 148 valence electrons. The summed E-state index contributed by atoms with van der Waals surface area (Å²) in [6, 6.07) is 8.38. The lowest BCUT2D eigenvalue weighted by Crippen LogP contribution is -2.32. The molecule has 0 unspecified atom stereocenters. The molecule has 0 aliphatic carbocycles. The van der Waals surface area contributed by atoms with Gasteiger partial charge in [0.25, 0.3) is 5.91 Å². The topological polar surface area (TPSA) is 95.1 Å². The van der Waals surface area contributed by atoms with E-state index in [1.165, 1.54) is 44.6 Å². The molecule has 1 aliphatic rings. The summed E-state index contributed by atoms with van der Waals surface area (Å²) in [7, 11) is 2.91. The van der Waals surface area contributed by atoms with E-state index in [-0.39, 0.29) is 29.3 Å². The number of methoxy groups -OCH3 is 2. The Morgan fingerprint density at radius 3 is 2.43 bits per heavy atom. The number of benzene rings is 2. The molecule has 0 saturated carbocycles. The number of rotatable bonds is 6. The van der Waals surface area contributed by atoms with Gasteiger partial charge in [0.15, 0.2) is 23.0 Å². The molecule has 0 spiro atoms. The highest BCUT2D eigenvalue weighted by molar-refractivity contribution is 5.99. The zero-order chi connectivity index (χ0) is 20.3. The number of anilines is 1. The second-order valence-corrected chi connectivity index (χ2v) is 5.63. The minimum Gasteiger partial charge on any atom is -0.493 e. The predicted molar refractivity (Wildman–Crippen MR) is 93.2 cm³/mol. The van der Waals surface area contributed by atoms with Gasteiger partial charge < -0.3 is 29.6 Å². The zero-order valence-electron chi connectivity index (χ0n) is 14.9. The Hall–Kier alpha value is -3.56. The normalized spacial score (nSPS) is 13.6. The highest BCUT2D eigenvalue weighted by Crippen LogP contribution is 2.42. The van der Waals surface area contributed by atoms with Gasteiger partial charge in [0.05, 0.1) is 20.8 Å². The number of fused-ring (bicyclic) bond motifs is 1. The van der Waals surface area contributed by atoms with Gasteiger partial charge in [-0.3, -0.25) is 9.59 Å². The number of alkyl halides is 2. The monoisotopic (exact) mass is 394 g/mol. The Balaban J connectivity index is 1.57. The third-order valence-corrected chi connectivity index (χ3v) is 3.74. The van der Waals surface area contributed by atoms with Gasteiger partial charge in [0.1, 0.15) is 0 Å². The zero-order valence-corrected chi connectivity index (χ0v) is 14.9. The van der Waals surface area contributed by atoms with Crippen molar-refractivity contribution in [2.24, 2.45) is 0 Å². The Morgan fingerprint density at radius 1 is 1.00 bits per heavy atom. The number of amides is 2. The summed E-state index contributed by atoms with van der Waals surface area (Å²) in [6.07, 6.45) is -3.74. The minimum atomic E-state index is -3.74. The third-order valence-electron chi connectivity index (χ3n) is 3.74. The first-order valence-electron chi connectivity index (χ1n) is 8.01. The number of hydrogen-bond acceptors (Lipinski definition) is 6. The van der Waals surface area contributed by atoms with Crippen LogP contribution in [0.1, 0.15) is 10.4 Å². The highest BCUT2D eigenvalue weighted by Gasteiger charge is 2.43. The molecule has 0 saturated heterocycles. The molecule has 0 bridgehead atoms. The average Bonchev–Trinajstić information content (AvgIpc) is 2.98. The summed E-state index contributed by atoms with van der Waals surface area (Å²) < 4.78 is 44.8. The molecule has 10 heteroatoms. The van der Waals surface area contributed by atoms with Crippen molar-refractivity contribution in [1.82, 2.24) is 5.32 Å². The van der Waals surface area contributed by atoms with Gasteiger partial charge in [0.2, 0.25) is 5.91 Å². The van der Waals surface area contributed by atoms with E-state index >= 15 is 0 Å².